The Kier molecular flexibility index (Phi) is 6.92. The van der Waals surface area contributed by atoms with Gasteiger partial charge in [0.25, 0.3) is 5.91 Å². The van der Waals surface area contributed by atoms with E-state index in [1.165, 1.54) is 22.3 Å². The van der Waals surface area contributed by atoms with E-state index in [4.69, 9.17) is 21.7 Å². The van der Waals surface area contributed by atoms with Crippen molar-refractivity contribution in [1.82, 2.24) is 5.01 Å². The molecule has 2 aromatic rings. The zero-order valence-electron chi connectivity index (χ0n) is 16.8. The predicted molar refractivity (Wildman–Crippen MR) is 122 cm³/mol. The lowest BCUT2D eigenvalue weighted by Crippen LogP contribution is -2.22. The van der Waals surface area contributed by atoms with Crippen molar-refractivity contribution in [3.63, 3.8) is 0 Å². The Hall–Kier alpha value is -2.38. The highest BCUT2D eigenvalue weighted by molar-refractivity contribution is 8.23. The van der Waals surface area contributed by atoms with Crippen LogP contribution in [0, 0.1) is 0 Å². The van der Waals surface area contributed by atoms with Crippen LogP contribution in [0.1, 0.15) is 31.9 Å². The Balaban J connectivity index is 1.43. The first-order valence-electron chi connectivity index (χ1n) is 9.33. The molecule has 0 aliphatic carbocycles. The number of carbonyl (C=O) groups is 1. The smallest absolute Gasteiger partial charge is 0.259 e. The predicted octanol–water partition coefficient (Wildman–Crippen LogP) is 4.64. The van der Waals surface area contributed by atoms with Crippen LogP contribution in [0.2, 0.25) is 0 Å². The Morgan fingerprint density at radius 1 is 1.03 bits per heavy atom. The summed E-state index contributed by atoms with van der Waals surface area (Å²) in [7, 11) is 0. The van der Waals surface area contributed by atoms with Crippen molar-refractivity contribution in [1.29, 1.82) is 0 Å². The van der Waals surface area contributed by atoms with E-state index in [9.17, 15) is 4.79 Å². The second-order valence-electron chi connectivity index (χ2n) is 7.55. The van der Waals surface area contributed by atoms with E-state index in [-0.39, 0.29) is 11.3 Å². The molecular weight excluding hydrogens is 404 g/mol. The summed E-state index contributed by atoms with van der Waals surface area (Å²) in [5.41, 5.74) is 2.27. The lowest BCUT2D eigenvalue weighted by molar-refractivity contribution is -0.123. The first-order chi connectivity index (χ1) is 13.8. The Morgan fingerprint density at radius 2 is 1.59 bits per heavy atom. The van der Waals surface area contributed by atoms with Gasteiger partial charge in [0.05, 0.1) is 12.0 Å². The highest BCUT2D eigenvalue weighted by Gasteiger charge is 2.25. The summed E-state index contributed by atoms with van der Waals surface area (Å²) in [6, 6.07) is 15.6. The van der Waals surface area contributed by atoms with Gasteiger partial charge < -0.3 is 9.47 Å². The maximum Gasteiger partial charge on any atom is 0.259 e. The van der Waals surface area contributed by atoms with Crippen LogP contribution in [0.4, 0.5) is 0 Å². The maximum atomic E-state index is 11.6. The molecule has 3 rings (SSSR count). The highest BCUT2D eigenvalue weighted by atomic mass is 32.2. The molecule has 5 nitrogen and oxygen atoms in total. The zero-order chi connectivity index (χ0) is 20.9. The van der Waals surface area contributed by atoms with Crippen molar-refractivity contribution in [2.75, 3.05) is 19.0 Å². The Labute approximate surface area is 181 Å². The Bertz CT molecular complexity index is 872. The van der Waals surface area contributed by atoms with Crippen molar-refractivity contribution in [3.05, 3.63) is 59.7 Å². The second-order valence-corrected chi connectivity index (χ2v) is 9.15. The number of carbonyl (C=O) groups excluding carboxylic acids is 1. The average Bonchev–Trinajstić information content (AvgIpc) is 3.02. The number of hydrazone groups is 1. The third-order valence-electron chi connectivity index (χ3n) is 4.27. The molecule has 1 saturated heterocycles. The van der Waals surface area contributed by atoms with Gasteiger partial charge in [0.2, 0.25) is 0 Å². The molecule has 0 aromatic heterocycles. The van der Waals surface area contributed by atoms with Crippen LogP contribution in [0.5, 0.6) is 11.5 Å². The average molecular weight is 429 g/mol. The lowest BCUT2D eigenvalue weighted by Gasteiger charge is -2.19. The fraction of sp³-hybridized carbons (Fsp3) is 0.318. The quantitative estimate of drug-likeness (QED) is 0.365. The largest absolute Gasteiger partial charge is 0.490 e. The van der Waals surface area contributed by atoms with Crippen LogP contribution >= 0.6 is 24.0 Å². The molecule has 0 spiro atoms. The third kappa shape index (κ3) is 6.05. The van der Waals surface area contributed by atoms with Gasteiger partial charge >= 0.3 is 0 Å². The molecule has 1 amide bonds. The molecular formula is C22H24N2O3S2. The first kappa shape index (κ1) is 21.3. The van der Waals surface area contributed by atoms with Crippen LogP contribution < -0.4 is 9.47 Å². The number of amides is 1. The summed E-state index contributed by atoms with van der Waals surface area (Å²) < 4.78 is 11.9. The van der Waals surface area contributed by atoms with Gasteiger partial charge in [0.1, 0.15) is 24.7 Å². The van der Waals surface area contributed by atoms with Gasteiger partial charge in [-0.25, -0.2) is 0 Å². The summed E-state index contributed by atoms with van der Waals surface area (Å²) in [5.74, 6) is 1.84. The number of hydrogen-bond donors (Lipinski definition) is 0. The fourth-order valence-electron chi connectivity index (χ4n) is 2.60. The zero-order valence-corrected chi connectivity index (χ0v) is 18.4. The minimum atomic E-state index is -0.0933. The normalized spacial score (nSPS) is 14.7. The number of benzene rings is 2. The van der Waals surface area contributed by atoms with Gasteiger partial charge in [-0.05, 0) is 52.9 Å². The molecule has 1 aliphatic rings. The van der Waals surface area contributed by atoms with Crippen LogP contribution in [-0.2, 0) is 10.2 Å². The summed E-state index contributed by atoms with van der Waals surface area (Å²) in [6.07, 6.45) is 1.62. The molecule has 1 heterocycles. The lowest BCUT2D eigenvalue weighted by atomic mass is 9.87. The van der Waals surface area contributed by atoms with Crippen LogP contribution in [-0.4, -0.2) is 40.4 Å². The van der Waals surface area contributed by atoms with Gasteiger partial charge in [-0.15, -0.1) is 0 Å². The minimum Gasteiger partial charge on any atom is -0.490 e. The second kappa shape index (κ2) is 9.41. The molecule has 0 saturated carbocycles. The van der Waals surface area contributed by atoms with Gasteiger partial charge in [-0.1, -0.05) is 56.9 Å². The molecule has 0 bridgehead atoms. The molecule has 29 heavy (non-hydrogen) atoms. The van der Waals surface area contributed by atoms with E-state index in [1.54, 1.807) is 6.21 Å². The molecule has 2 aromatic carbocycles. The van der Waals surface area contributed by atoms with E-state index >= 15 is 0 Å². The van der Waals surface area contributed by atoms with Crippen molar-refractivity contribution >= 4 is 40.4 Å². The number of nitrogens with zero attached hydrogens (tertiary/aromatic N) is 2. The maximum absolute atomic E-state index is 11.6. The van der Waals surface area contributed by atoms with E-state index in [0.29, 0.717) is 23.3 Å². The SMILES string of the molecule is CC(C)(C)c1ccc(OCCOc2ccc(/C=N/N3C(=O)CSC3=S)cc2)cc1. The monoisotopic (exact) mass is 428 g/mol. The molecule has 7 heteroatoms. The molecule has 0 unspecified atom stereocenters. The van der Waals surface area contributed by atoms with E-state index in [0.717, 1.165) is 17.1 Å². The molecule has 0 radical (unpaired) electrons. The third-order valence-corrected chi connectivity index (χ3v) is 5.61. The molecule has 1 aliphatic heterocycles. The van der Waals surface area contributed by atoms with Crippen molar-refractivity contribution in [2.24, 2.45) is 5.10 Å². The summed E-state index contributed by atoms with van der Waals surface area (Å²) in [6.45, 7) is 7.47. The summed E-state index contributed by atoms with van der Waals surface area (Å²) >= 11 is 6.42. The minimum absolute atomic E-state index is 0.0933. The topological polar surface area (TPSA) is 51.1 Å². The van der Waals surface area contributed by atoms with Gasteiger partial charge in [0, 0.05) is 0 Å². The number of rotatable bonds is 7. The number of ether oxygens (including phenoxy) is 2. The van der Waals surface area contributed by atoms with Crippen LogP contribution in [0.15, 0.2) is 53.6 Å². The summed E-state index contributed by atoms with van der Waals surface area (Å²) in [5, 5.41) is 5.41. The molecule has 0 N–H and O–H groups in total. The fourth-order valence-corrected chi connectivity index (χ4v) is 3.57. The van der Waals surface area contributed by atoms with Crippen molar-refractivity contribution in [2.45, 2.75) is 26.2 Å². The summed E-state index contributed by atoms with van der Waals surface area (Å²) in [4.78, 5) is 11.6. The van der Waals surface area contributed by atoms with Crippen molar-refractivity contribution < 1.29 is 14.3 Å². The van der Waals surface area contributed by atoms with E-state index < -0.39 is 0 Å². The van der Waals surface area contributed by atoms with E-state index in [1.807, 2.05) is 36.4 Å². The van der Waals surface area contributed by atoms with Gasteiger partial charge in [-0.3, -0.25) is 4.79 Å². The van der Waals surface area contributed by atoms with Gasteiger partial charge in [-0.2, -0.15) is 10.1 Å². The first-order valence-corrected chi connectivity index (χ1v) is 10.7. The Morgan fingerprint density at radius 3 is 2.07 bits per heavy atom. The van der Waals surface area contributed by atoms with Gasteiger partial charge in [0.15, 0.2) is 4.32 Å². The standard InChI is InChI=1S/C22H24N2O3S2/c1-22(2,3)17-6-10-19(11-7-17)27-13-12-26-18-8-4-16(5-9-18)14-23-24-20(25)15-29-21(24)28/h4-11,14H,12-13,15H2,1-3H3/b23-14+. The van der Waals surface area contributed by atoms with E-state index in [2.05, 4.69) is 38.0 Å². The molecule has 152 valence electrons. The van der Waals surface area contributed by atoms with Crippen LogP contribution in [0.25, 0.3) is 0 Å². The van der Waals surface area contributed by atoms with Crippen LogP contribution in [0.3, 0.4) is 0 Å². The molecule has 1 fully saturated rings. The van der Waals surface area contributed by atoms with Crippen molar-refractivity contribution in [3.8, 4) is 11.5 Å². The number of hydrogen-bond acceptors (Lipinski definition) is 6. The number of thiocarbonyl (C=S) groups is 1. The molecule has 0 atom stereocenters. The number of thioether (sulfide) groups is 1. The highest BCUT2D eigenvalue weighted by Crippen LogP contribution is 2.24.